The van der Waals surface area contributed by atoms with E-state index in [9.17, 15) is 9.90 Å². The van der Waals surface area contributed by atoms with Crippen LogP contribution in [-0.2, 0) is 4.79 Å². The predicted molar refractivity (Wildman–Crippen MR) is 87.2 cm³/mol. The smallest absolute Gasteiger partial charge is 0.258 e. The molecule has 0 aromatic heterocycles. The van der Waals surface area contributed by atoms with Crippen LogP contribution in [0.2, 0.25) is 0 Å². The first kappa shape index (κ1) is 15.8. The number of nitrogens with one attached hydrogen (secondary N) is 1. The molecule has 1 saturated carbocycles. The fraction of sp³-hybridized carbons (Fsp3) is 0.389. The van der Waals surface area contributed by atoms with Crippen LogP contribution in [-0.4, -0.2) is 41.5 Å². The maximum Gasteiger partial charge on any atom is 0.258 e. The third-order valence-electron chi connectivity index (χ3n) is 4.35. The van der Waals surface area contributed by atoms with E-state index in [1.165, 1.54) is 0 Å². The summed E-state index contributed by atoms with van der Waals surface area (Å²) in [7, 11) is 0. The van der Waals surface area contributed by atoms with Crippen molar-refractivity contribution in [2.24, 2.45) is 5.92 Å². The van der Waals surface area contributed by atoms with Crippen molar-refractivity contribution < 1.29 is 19.7 Å². The van der Waals surface area contributed by atoms with Crippen LogP contribution in [0.15, 0.2) is 42.5 Å². The van der Waals surface area contributed by atoms with E-state index in [1.54, 1.807) is 0 Å². The molecule has 122 valence electrons. The molecule has 0 aliphatic heterocycles. The number of hydrogen-bond acceptors (Lipinski definition) is 4. The Morgan fingerprint density at radius 2 is 1.96 bits per heavy atom. The van der Waals surface area contributed by atoms with Crippen molar-refractivity contribution in [2.75, 3.05) is 13.2 Å². The van der Waals surface area contributed by atoms with Gasteiger partial charge in [0.2, 0.25) is 0 Å². The molecule has 3 rings (SSSR count). The second kappa shape index (κ2) is 6.98. The zero-order chi connectivity index (χ0) is 16.2. The Labute approximate surface area is 134 Å². The average Bonchev–Trinajstić information content (AvgIpc) is 2.92. The monoisotopic (exact) mass is 315 g/mol. The van der Waals surface area contributed by atoms with Crippen molar-refractivity contribution in [1.29, 1.82) is 0 Å². The van der Waals surface area contributed by atoms with E-state index in [2.05, 4.69) is 5.32 Å². The van der Waals surface area contributed by atoms with E-state index in [-0.39, 0.29) is 31.1 Å². The number of aliphatic hydroxyl groups excluding tert-OH is 2. The van der Waals surface area contributed by atoms with Crippen LogP contribution in [0.4, 0.5) is 0 Å². The molecule has 0 unspecified atom stereocenters. The van der Waals surface area contributed by atoms with Gasteiger partial charge in [0.15, 0.2) is 6.61 Å². The van der Waals surface area contributed by atoms with Gasteiger partial charge in [0.25, 0.3) is 5.91 Å². The summed E-state index contributed by atoms with van der Waals surface area (Å²) in [6.45, 7) is -0.115. The van der Waals surface area contributed by atoms with Crippen molar-refractivity contribution in [2.45, 2.75) is 25.0 Å². The zero-order valence-electron chi connectivity index (χ0n) is 12.8. The third kappa shape index (κ3) is 3.81. The lowest BCUT2D eigenvalue weighted by atomic mass is 10.1. The number of carbonyl (C=O) groups is 1. The number of fused-ring (bicyclic) bond motifs is 1. The van der Waals surface area contributed by atoms with Gasteiger partial charge in [0.1, 0.15) is 5.75 Å². The first-order valence-corrected chi connectivity index (χ1v) is 7.85. The number of benzene rings is 2. The predicted octanol–water partition coefficient (Wildman–Crippen LogP) is 1.47. The molecule has 2 aromatic carbocycles. The first-order chi connectivity index (χ1) is 11.2. The van der Waals surface area contributed by atoms with Gasteiger partial charge in [-0.25, -0.2) is 0 Å². The molecular formula is C18H21NO4. The summed E-state index contributed by atoms with van der Waals surface area (Å²) in [6.07, 6.45) is 0.526. The number of amides is 1. The average molecular weight is 315 g/mol. The Kier molecular flexibility index (Phi) is 4.79. The molecule has 3 atom stereocenters. The molecule has 2 aromatic rings. The second-order valence-electron chi connectivity index (χ2n) is 6.04. The van der Waals surface area contributed by atoms with E-state index >= 15 is 0 Å². The maximum absolute atomic E-state index is 12.0. The lowest BCUT2D eigenvalue weighted by Gasteiger charge is -2.13. The van der Waals surface area contributed by atoms with Crippen molar-refractivity contribution in [1.82, 2.24) is 5.32 Å². The summed E-state index contributed by atoms with van der Waals surface area (Å²) in [5.74, 6) is 0.286. The lowest BCUT2D eigenvalue weighted by molar-refractivity contribution is -0.123. The normalized spacial score (nSPS) is 23.8. The highest BCUT2D eigenvalue weighted by Gasteiger charge is 2.33. The van der Waals surface area contributed by atoms with Crippen molar-refractivity contribution >= 4 is 16.7 Å². The highest BCUT2D eigenvalue weighted by Crippen LogP contribution is 2.25. The van der Waals surface area contributed by atoms with Gasteiger partial charge < -0.3 is 20.3 Å². The minimum absolute atomic E-state index is 0.0544. The largest absolute Gasteiger partial charge is 0.484 e. The van der Waals surface area contributed by atoms with E-state index in [1.807, 2.05) is 42.5 Å². The summed E-state index contributed by atoms with van der Waals surface area (Å²) in [6, 6.07) is 13.6. The van der Waals surface area contributed by atoms with Gasteiger partial charge in [-0.3, -0.25) is 4.79 Å². The summed E-state index contributed by atoms with van der Waals surface area (Å²) >= 11 is 0. The molecule has 0 bridgehead atoms. The molecule has 0 saturated heterocycles. The summed E-state index contributed by atoms with van der Waals surface area (Å²) in [4.78, 5) is 12.0. The van der Waals surface area contributed by atoms with Crippen molar-refractivity contribution in [3.63, 3.8) is 0 Å². The number of hydrogen-bond donors (Lipinski definition) is 3. The van der Waals surface area contributed by atoms with Crippen LogP contribution < -0.4 is 10.1 Å². The van der Waals surface area contributed by atoms with Gasteiger partial charge in [-0.1, -0.05) is 30.3 Å². The minimum atomic E-state index is -0.549. The Hall–Kier alpha value is -2.11. The lowest BCUT2D eigenvalue weighted by Crippen LogP contribution is -2.36. The standard InChI is InChI=1S/C18H21NO4/c20-10-14-7-15(9-17(14)21)19-18(22)11-23-16-6-5-12-3-1-2-4-13(12)8-16/h1-6,8,14-15,17,20-21H,7,9-11H2,(H,19,22)/t14-,15+,17+/m0/s1. The molecule has 1 fully saturated rings. The molecule has 3 N–H and O–H groups in total. The van der Waals surface area contributed by atoms with Crippen LogP contribution in [0.3, 0.4) is 0 Å². The summed E-state index contributed by atoms with van der Waals surface area (Å²) in [5, 5.41) is 23.9. The van der Waals surface area contributed by atoms with Crippen LogP contribution in [0, 0.1) is 5.92 Å². The van der Waals surface area contributed by atoms with Crippen molar-refractivity contribution in [3.8, 4) is 5.75 Å². The molecule has 5 heteroatoms. The summed E-state index contributed by atoms with van der Waals surface area (Å²) < 4.78 is 5.54. The first-order valence-electron chi connectivity index (χ1n) is 7.85. The van der Waals surface area contributed by atoms with Gasteiger partial charge in [0.05, 0.1) is 6.10 Å². The number of carbonyl (C=O) groups excluding carboxylic acids is 1. The molecule has 1 aliphatic rings. The van der Waals surface area contributed by atoms with Gasteiger partial charge in [0, 0.05) is 18.6 Å². The topological polar surface area (TPSA) is 78.8 Å². The molecule has 23 heavy (non-hydrogen) atoms. The van der Waals surface area contributed by atoms with Crippen LogP contribution >= 0.6 is 0 Å². The van der Waals surface area contributed by atoms with E-state index in [0.717, 1.165) is 10.8 Å². The third-order valence-corrected chi connectivity index (χ3v) is 4.35. The molecule has 0 heterocycles. The quantitative estimate of drug-likeness (QED) is 0.781. The van der Waals surface area contributed by atoms with Gasteiger partial charge in [-0.15, -0.1) is 0 Å². The SMILES string of the molecule is O=C(COc1ccc2ccccc2c1)N[C@@H]1C[C@@H](CO)[C@H](O)C1. The Morgan fingerprint density at radius 3 is 2.70 bits per heavy atom. The fourth-order valence-corrected chi connectivity index (χ4v) is 3.09. The molecule has 0 radical (unpaired) electrons. The van der Waals surface area contributed by atoms with Crippen LogP contribution in [0.25, 0.3) is 10.8 Å². The molecular weight excluding hydrogens is 294 g/mol. The summed E-state index contributed by atoms with van der Waals surface area (Å²) in [5.41, 5.74) is 0. The second-order valence-corrected chi connectivity index (χ2v) is 6.04. The van der Waals surface area contributed by atoms with Gasteiger partial charge in [-0.2, -0.15) is 0 Å². The molecule has 1 amide bonds. The molecule has 0 spiro atoms. The molecule has 1 aliphatic carbocycles. The van der Waals surface area contributed by atoms with Gasteiger partial charge in [-0.05, 0) is 35.7 Å². The van der Waals surface area contributed by atoms with Crippen molar-refractivity contribution in [3.05, 3.63) is 42.5 Å². The van der Waals surface area contributed by atoms with Gasteiger partial charge >= 0.3 is 0 Å². The Balaban J connectivity index is 1.52. The number of aliphatic hydroxyl groups is 2. The highest BCUT2D eigenvalue weighted by molar-refractivity contribution is 5.84. The molecule has 5 nitrogen and oxygen atoms in total. The van der Waals surface area contributed by atoms with Crippen LogP contribution in [0.5, 0.6) is 5.75 Å². The Bertz CT molecular complexity index is 688. The number of ether oxygens (including phenoxy) is 1. The van der Waals surface area contributed by atoms with E-state index in [0.29, 0.717) is 18.6 Å². The fourth-order valence-electron chi connectivity index (χ4n) is 3.09. The van der Waals surface area contributed by atoms with E-state index in [4.69, 9.17) is 9.84 Å². The Morgan fingerprint density at radius 1 is 1.17 bits per heavy atom. The van der Waals surface area contributed by atoms with Crippen LogP contribution in [0.1, 0.15) is 12.8 Å². The minimum Gasteiger partial charge on any atom is -0.484 e. The highest BCUT2D eigenvalue weighted by atomic mass is 16.5. The zero-order valence-corrected chi connectivity index (χ0v) is 12.8. The maximum atomic E-state index is 12.0. The van der Waals surface area contributed by atoms with E-state index < -0.39 is 6.10 Å². The number of rotatable bonds is 5.